The number of Topliss-reactive ketones (excluding diaryl/α,β-unsaturated/α-hetero) is 1. The molecule has 0 bridgehead atoms. The fourth-order valence-electron chi connectivity index (χ4n) is 2.10. The summed E-state index contributed by atoms with van der Waals surface area (Å²) in [5.74, 6) is -1.23. The van der Waals surface area contributed by atoms with Gasteiger partial charge in [0, 0.05) is 16.6 Å². The number of halogens is 1. The van der Waals surface area contributed by atoms with Crippen LogP contribution in [0.5, 0.6) is 0 Å². The second kappa shape index (κ2) is 8.43. The number of ether oxygens (including phenoxy) is 1. The Morgan fingerprint density at radius 1 is 1.15 bits per heavy atom. The van der Waals surface area contributed by atoms with Crippen molar-refractivity contribution in [3.05, 3.63) is 57.4 Å². The van der Waals surface area contributed by atoms with Crippen LogP contribution in [-0.4, -0.2) is 29.3 Å². The first-order valence-corrected chi connectivity index (χ1v) is 9.79. The third-order valence-corrected chi connectivity index (χ3v) is 5.65. The van der Waals surface area contributed by atoms with E-state index in [9.17, 15) is 14.4 Å². The molecule has 1 aromatic carbocycles. The number of nitrogens with one attached hydrogen (secondary N) is 1. The SMILES string of the molecule is CC(=O)c1ccc(NC(=O)COC(=O)c2csc(-c3ccc(Cl)s3)n2)cc1. The lowest BCUT2D eigenvalue weighted by atomic mass is 10.1. The molecule has 0 aliphatic rings. The second-order valence-corrected chi connectivity index (χ2v) is 7.97. The van der Waals surface area contributed by atoms with Crippen molar-refractivity contribution in [2.24, 2.45) is 0 Å². The van der Waals surface area contributed by atoms with E-state index in [-0.39, 0.29) is 11.5 Å². The first-order valence-electron chi connectivity index (χ1n) is 7.71. The van der Waals surface area contributed by atoms with Crippen molar-refractivity contribution in [2.75, 3.05) is 11.9 Å². The summed E-state index contributed by atoms with van der Waals surface area (Å²) in [6.45, 7) is 1.02. The molecule has 0 saturated heterocycles. The molecular weight excluding hydrogens is 408 g/mol. The zero-order valence-corrected chi connectivity index (χ0v) is 16.4. The highest BCUT2D eigenvalue weighted by Crippen LogP contribution is 2.33. The van der Waals surface area contributed by atoms with Gasteiger partial charge < -0.3 is 10.1 Å². The normalized spacial score (nSPS) is 10.4. The quantitative estimate of drug-likeness (QED) is 0.468. The van der Waals surface area contributed by atoms with Crippen molar-refractivity contribution in [1.29, 1.82) is 0 Å². The lowest BCUT2D eigenvalue weighted by Crippen LogP contribution is -2.21. The van der Waals surface area contributed by atoms with Crippen LogP contribution >= 0.6 is 34.3 Å². The molecule has 0 aliphatic heterocycles. The van der Waals surface area contributed by atoms with E-state index in [1.807, 2.05) is 6.07 Å². The number of thiophene rings is 1. The maximum atomic E-state index is 12.1. The number of carbonyl (C=O) groups is 3. The van der Waals surface area contributed by atoms with E-state index >= 15 is 0 Å². The van der Waals surface area contributed by atoms with Gasteiger partial charge in [0.15, 0.2) is 18.1 Å². The highest BCUT2D eigenvalue weighted by molar-refractivity contribution is 7.23. The van der Waals surface area contributed by atoms with Crippen LogP contribution in [0.1, 0.15) is 27.8 Å². The minimum atomic E-state index is -0.678. The van der Waals surface area contributed by atoms with E-state index in [0.717, 1.165) is 4.88 Å². The Morgan fingerprint density at radius 3 is 2.52 bits per heavy atom. The third-order valence-electron chi connectivity index (χ3n) is 3.41. The number of aromatic nitrogens is 1. The Hall–Kier alpha value is -2.55. The van der Waals surface area contributed by atoms with Crippen LogP contribution in [0.2, 0.25) is 4.34 Å². The topological polar surface area (TPSA) is 85.4 Å². The van der Waals surface area contributed by atoms with Crippen LogP contribution in [0.3, 0.4) is 0 Å². The number of ketones is 1. The molecule has 1 N–H and O–H groups in total. The fraction of sp³-hybridized carbons (Fsp3) is 0.111. The number of anilines is 1. The number of nitrogens with zero attached hydrogens (tertiary/aromatic N) is 1. The number of benzene rings is 1. The maximum absolute atomic E-state index is 12.1. The molecule has 0 saturated carbocycles. The van der Waals surface area contributed by atoms with Gasteiger partial charge in [-0.1, -0.05) is 11.6 Å². The molecule has 1 amide bonds. The van der Waals surface area contributed by atoms with Crippen LogP contribution in [0.15, 0.2) is 41.8 Å². The zero-order valence-electron chi connectivity index (χ0n) is 14.0. The van der Waals surface area contributed by atoms with Gasteiger partial charge in [0.05, 0.1) is 9.21 Å². The van der Waals surface area contributed by atoms with Crippen LogP contribution < -0.4 is 5.32 Å². The standard InChI is InChI=1S/C18H13ClN2O4S2/c1-10(22)11-2-4-12(5-3-11)20-16(23)8-25-18(24)13-9-26-17(21-13)14-6-7-15(19)27-14/h2-7,9H,8H2,1H3,(H,20,23). The first-order chi connectivity index (χ1) is 12.9. The van der Waals surface area contributed by atoms with Gasteiger partial charge in [0.1, 0.15) is 5.01 Å². The predicted octanol–water partition coefficient (Wildman–Crippen LogP) is 4.52. The number of thiazole rings is 1. The van der Waals surface area contributed by atoms with Crippen molar-refractivity contribution < 1.29 is 19.1 Å². The van der Waals surface area contributed by atoms with E-state index in [1.165, 1.54) is 29.6 Å². The lowest BCUT2D eigenvalue weighted by molar-refractivity contribution is -0.119. The Labute approximate surface area is 167 Å². The highest BCUT2D eigenvalue weighted by atomic mass is 35.5. The second-order valence-electron chi connectivity index (χ2n) is 5.40. The van der Waals surface area contributed by atoms with Crippen molar-refractivity contribution in [3.63, 3.8) is 0 Å². The smallest absolute Gasteiger partial charge is 0.358 e. The summed E-state index contributed by atoms with van der Waals surface area (Å²) < 4.78 is 5.63. The fourth-order valence-corrected chi connectivity index (χ4v) is 4.00. The number of esters is 1. The maximum Gasteiger partial charge on any atom is 0.358 e. The van der Waals surface area contributed by atoms with Crippen LogP contribution in [-0.2, 0) is 9.53 Å². The minimum absolute atomic E-state index is 0.0609. The van der Waals surface area contributed by atoms with Gasteiger partial charge in [-0.3, -0.25) is 9.59 Å². The molecule has 3 aromatic rings. The van der Waals surface area contributed by atoms with Crippen molar-refractivity contribution in [2.45, 2.75) is 6.92 Å². The molecule has 0 fully saturated rings. The number of amides is 1. The molecule has 27 heavy (non-hydrogen) atoms. The molecule has 2 heterocycles. The van der Waals surface area contributed by atoms with Crippen LogP contribution in [0.4, 0.5) is 5.69 Å². The van der Waals surface area contributed by atoms with Gasteiger partial charge in [-0.25, -0.2) is 9.78 Å². The summed E-state index contributed by atoms with van der Waals surface area (Å²) in [7, 11) is 0. The summed E-state index contributed by atoms with van der Waals surface area (Å²) in [4.78, 5) is 40.3. The molecule has 6 nitrogen and oxygen atoms in total. The molecule has 138 valence electrons. The number of hydrogen-bond acceptors (Lipinski definition) is 7. The average molecular weight is 421 g/mol. The van der Waals surface area contributed by atoms with Crippen LogP contribution in [0, 0.1) is 0 Å². The van der Waals surface area contributed by atoms with E-state index in [4.69, 9.17) is 16.3 Å². The molecule has 2 aromatic heterocycles. The van der Waals surface area contributed by atoms with Gasteiger partial charge in [0.2, 0.25) is 0 Å². The molecular formula is C18H13ClN2O4S2. The van der Waals surface area contributed by atoms with Crippen LogP contribution in [0.25, 0.3) is 9.88 Å². The Bertz CT molecular complexity index is 995. The molecule has 9 heteroatoms. The number of rotatable bonds is 6. The summed E-state index contributed by atoms with van der Waals surface area (Å²) in [6.07, 6.45) is 0. The summed E-state index contributed by atoms with van der Waals surface area (Å²) >= 11 is 8.56. The molecule has 3 rings (SSSR count). The molecule has 0 radical (unpaired) electrons. The average Bonchev–Trinajstić information content (AvgIpc) is 3.29. The summed E-state index contributed by atoms with van der Waals surface area (Å²) in [6, 6.07) is 10.0. The van der Waals surface area contributed by atoms with E-state index in [1.54, 1.807) is 35.7 Å². The minimum Gasteiger partial charge on any atom is -0.451 e. The van der Waals surface area contributed by atoms with E-state index < -0.39 is 18.5 Å². The Morgan fingerprint density at radius 2 is 1.89 bits per heavy atom. The monoisotopic (exact) mass is 420 g/mol. The Kier molecular flexibility index (Phi) is 6.00. The first kappa shape index (κ1) is 19.2. The van der Waals surface area contributed by atoms with Crippen molar-refractivity contribution in [1.82, 2.24) is 4.98 Å². The Balaban J connectivity index is 1.53. The molecule has 0 unspecified atom stereocenters. The largest absolute Gasteiger partial charge is 0.451 e. The summed E-state index contributed by atoms with van der Waals surface area (Å²) in [5, 5.41) is 4.82. The van der Waals surface area contributed by atoms with Crippen molar-refractivity contribution in [3.8, 4) is 9.88 Å². The molecule has 0 atom stereocenters. The van der Waals surface area contributed by atoms with Gasteiger partial charge in [-0.2, -0.15) is 0 Å². The van der Waals surface area contributed by atoms with Gasteiger partial charge in [-0.15, -0.1) is 22.7 Å². The van der Waals surface area contributed by atoms with Crippen molar-refractivity contribution >= 4 is 57.6 Å². The molecule has 0 spiro atoms. The third kappa shape index (κ3) is 5.00. The summed E-state index contributed by atoms with van der Waals surface area (Å²) in [5.41, 5.74) is 1.19. The zero-order chi connectivity index (χ0) is 19.4. The number of carbonyl (C=O) groups excluding carboxylic acids is 3. The van der Waals surface area contributed by atoms with Gasteiger partial charge in [-0.05, 0) is 43.3 Å². The van der Waals surface area contributed by atoms with E-state index in [0.29, 0.717) is 20.6 Å². The predicted molar refractivity (Wildman–Crippen MR) is 106 cm³/mol. The highest BCUT2D eigenvalue weighted by Gasteiger charge is 2.16. The number of hydrogen-bond donors (Lipinski definition) is 1. The van der Waals surface area contributed by atoms with Gasteiger partial charge >= 0.3 is 5.97 Å². The van der Waals surface area contributed by atoms with E-state index in [2.05, 4.69) is 10.3 Å². The van der Waals surface area contributed by atoms with Gasteiger partial charge in [0.25, 0.3) is 5.91 Å². The molecule has 0 aliphatic carbocycles. The lowest BCUT2D eigenvalue weighted by Gasteiger charge is -2.06.